The van der Waals surface area contributed by atoms with Gasteiger partial charge in [-0.2, -0.15) is 0 Å². The number of hydrogen-bond donors (Lipinski definition) is 2. The van der Waals surface area contributed by atoms with Crippen molar-refractivity contribution in [1.82, 2.24) is 9.97 Å². The lowest BCUT2D eigenvalue weighted by Gasteiger charge is -2.31. The SMILES string of the molecule is CC1=C(c2cccc(O)c2)C(c2ccc(OCCc3ncc[nH]3)cc2)Oc2ccccc21. The van der Waals surface area contributed by atoms with Crippen LogP contribution in [0.3, 0.4) is 0 Å². The number of imidazole rings is 1. The number of aromatic nitrogens is 2. The first-order valence-corrected chi connectivity index (χ1v) is 10.7. The van der Waals surface area contributed by atoms with Crippen molar-refractivity contribution in [1.29, 1.82) is 0 Å². The summed E-state index contributed by atoms with van der Waals surface area (Å²) in [6.07, 6.45) is 3.99. The molecule has 0 amide bonds. The van der Waals surface area contributed by atoms with Gasteiger partial charge in [-0.25, -0.2) is 4.98 Å². The first-order valence-electron chi connectivity index (χ1n) is 10.7. The van der Waals surface area contributed by atoms with E-state index in [9.17, 15) is 5.11 Å². The highest BCUT2D eigenvalue weighted by atomic mass is 16.5. The molecule has 1 aromatic heterocycles. The number of hydrogen-bond acceptors (Lipinski definition) is 4. The number of aromatic amines is 1. The average molecular weight is 425 g/mol. The minimum Gasteiger partial charge on any atom is -0.508 e. The summed E-state index contributed by atoms with van der Waals surface area (Å²) in [6.45, 7) is 2.66. The monoisotopic (exact) mass is 424 g/mol. The van der Waals surface area contributed by atoms with Gasteiger partial charge in [-0.3, -0.25) is 0 Å². The maximum Gasteiger partial charge on any atom is 0.150 e. The molecule has 3 aromatic carbocycles. The van der Waals surface area contributed by atoms with Gasteiger partial charge < -0.3 is 19.6 Å². The van der Waals surface area contributed by atoms with E-state index in [2.05, 4.69) is 23.0 Å². The number of aromatic hydroxyl groups is 1. The molecule has 2 heterocycles. The van der Waals surface area contributed by atoms with Gasteiger partial charge in [0.1, 0.15) is 29.2 Å². The fourth-order valence-corrected chi connectivity index (χ4v) is 4.12. The van der Waals surface area contributed by atoms with Gasteiger partial charge in [0.2, 0.25) is 0 Å². The summed E-state index contributed by atoms with van der Waals surface area (Å²) < 4.78 is 12.4. The Morgan fingerprint density at radius 1 is 1.03 bits per heavy atom. The van der Waals surface area contributed by atoms with Crippen LogP contribution in [-0.4, -0.2) is 21.7 Å². The molecule has 5 nitrogen and oxygen atoms in total. The van der Waals surface area contributed by atoms with Crippen molar-refractivity contribution in [3.63, 3.8) is 0 Å². The molecule has 1 aliphatic heterocycles. The number of rotatable bonds is 6. The molecule has 0 aliphatic carbocycles. The average Bonchev–Trinajstić information content (AvgIpc) is 3.33. The molecular formula is C27H24N2O3. The van der Waals surface area contributed by atoms with Crippen molar-refractivity contribution in [3.8, 4) is 17.2 Å². The molecule has 0 saturated carbocycles. The van der Waals surface area contributed by atoms with Gasteiger partial charge in [0, 0.05) is 30.0 Å². The third kappa shape index (κ3) is 3.97. The van der Waals surface area contributed by atoms with Crippen molar-refractivity contribution < 1.29 is 14.6 Å². The summed E-state index contributed by atoms with van der Waals surface area (Å²) in [4.78, 5) is 7.30. The Balaban J connectivity index is 1.44. The number of para-hydroxylation sites is 1. The second-order valence-corrected chi connectivity index (χ2v) is 7.79. The highest BCUT2D eigenvalue weighted by Gasteiger charge is 2.29. The second-order valence-electron chi connectivity index (χ2n) is 7.79. The van der Waals surface area contributed by atoms with Crippen molar-refractivity contribution >= 4 is 11.1 Å². The largest absolute Gasteiger partial charge is 0.508 e. The fraction of sp³-hybridized carbons (Fsp3) is 0.148. The minimum absolute atomic E-state index is 0.237. The van der Waals surface area contributed by atoms with Crippen LogP contribution < -0.4 is 9.47 Å². The smallest absolute Gasteiger partial charge is 0.150 e. The van der Waals surface area contributed by atoms with Crippen molar-refractivity contribution in [2.75, 3.05) is 6.61 Å². The summed E-state index contributed by atoms with van der Waals surface area (Å²) in [5.41, 5.74) is 5.23. The zero-order valence-corrected chi connectivity index (χ0v) is 17.8. The van der Waals surface area contributed by atoms with E-state index >= 15 is 0 Å². The summed E-state index contributed by atoms with van der Waals surface area (Å²) in [5.74, 6) is 2.81. The highest BCUT2D eigenvalue weighted by molar-refractivity contribution is 5.95. The second kappa shape index (κ2) is 8.63. The topological polar surface area (TPSA) is 67.4 Å². The van der Waals surface area contributed by atoms with Gasteiger partial charge in [-0.1, -0.05) is 42.5 Å². The fourth-order valence-electron chi connectivity index (χ4n) is 4.12. The molecule has 0 bridgehead atoms. The normalized spacial score (nSPS) is 15.2. The van der Waals surface area contributed by atoms with E-state index < -0.39 is 0 Å². The Kier molecular flexibility index (Phi) is 5.38. The molecule has 2 N–H and O–H groups in total. The molecule has 0 saturated heterocycles. The molecule has 160 valence electrons. The highest BCUT2D eigenvalue weighted by Crippen LogP contribution is 2.46. The Hall–Kier alpha value is -3.99. The third-order valence-electron chi connectivity index (χ3n) is 5.70. The number of benzene rings is 3. The first-order chi connectivity index (χ1) is 15.7. The van der Waals surface area contributed by atoms with Crippen LogP contribution in [-0.2, 0) is 6.42 Å². The van der Waals surface area contributed by atoms with Crippen molar-refractivity contribution in [3.05, 3.63) is 108 Å². The van der Waals surface area contributed by atoms with Gasteiger partial charge >= 0.3 is 0 Å². The van der Waals surface area contributed by atoms with E-state index in [1.807, 2.05) is 60.8 Å². The quantitative estimate of drug-likeness (QED) is 0.410. The molecule has 1 atom stereocenters. The van der Waals surface area contributed by atoms with Crippen LogP contribution in [0.15, 0.2) is 85.2 Å². The van der Waals surface area contributed by atoms with E-state index in [1.165, 1.54) is 0 Å². The molecule has 0 spiro atoms. The number of H-pyrrole nitrogens is 1. The molecule has 5 heteroatoms. The molecule has 0 fully saturated rings. The molecular weight excluding hydrogens is 400 g/mol. The van der Waals surface area contributed by atoms with E-state index in [0.29, 0.717) is 6.61 Å². The lowest BCUT2D eigenvalue weighted by Crippen LogP contribution is -2.16. The number of nitrogens with zero attached hydrogens (tertiary/aromatic N) is 1. The summed E-state index contributed by atoms with van der Waals surface area (Å²) in [5, 5.41) is 10.1. The van der Waals surface area contributed by atoms with Crippen molar-refractivity contribution in [2.24, 2.45) is 0 Å². The molecule has 32 heavy (non-hydrogen) atoms. The van der Waals surface area contributed by atoms with E-state index in [1.54, 1.807) is 18.3 Å². The van der Waals surface area contributed by atoms with Gasteiger partial charge in [-0.05, 0) is 54.0 Å². The van der Waals surface area contributed by atoms with E-state index in [0.717, 1.165) is 51.6 Å². The predicted molar refractivity (Wildman–Crippen MR) is 125 cm³/mol. The number of phenols is 1. The van der Waals surface area contributed by atoms with Crippen LogP contribution in [0.25, 0.3) is 11.1 Å². The Bertz CT molecular complexity index is 1240. The summed E-state index contributed by atoms with van der Waals surface area (Å²) in [6, 6.07) is 23.4. The van der Waals surface area contributed by atoms with Gasteiger partial charge in [0.15, 0.2) is 0 Å². The van der Waals surface area contributed by atoms with Crippen LogP contribution in [0.5, 0.6) is 17.2 Å². The van der Waals surface area contributed by atoms with Gasteiger partial charge in [0.25, 0.3) is 0 Å². The number of phenolic OH excluding ortho intramolecular Hbond substituents is 1. The van der Waals surface area contributed by atoms with Crippen LogP contribution >= 0.6 is 0 Å². The maximum absolute atomic E-state index is 10.1. The zero-order valence-electron chi connectivity index (χ0n) is 17.8. The van der Waals surface area contributed by atoms with E-state index in [4.69, 9.17) is 9.47 Å². The minimum atomic E-state index is -0.288. The zero-order chi connectivity index (χ0) is 21.9. The van der Waals surface area contributed by atoms with Crippen LogP contribution in [0.2, 0.25) is 0 Å². The Morgan fingerprint density at radius 2 is 1.88 bits per heavy atom. The molecule has 0 radical (unpaired) electrons. The number of ether oxygens (including phenoxy) is 2. The van der Waals surface area contributed by atoms with Gasteiger partial charge in [-0.15, -0.1) is 0 Å². The predicted octanol–water partition coefficient (Wildman–Crippen LogP) is 5.80. The summed E-state index contributed by atoms with van der Waals surface area (Å²) >= 11 is 0. The Labute approximate surface area is 187 Å². The molecule has 5 rings (SSSR count). The molecule has 1 aliphatic rings. The van der Waals surface area contributed by atoms with Crippen LogP contribution in [0.4, 0.5) is 0 Å². The standard InChI is InChI=1S/C27H24N2O3/c1-18-23-7-2-3-8-24(23)32-27(26(18)20-5-4-6-21(30)17-20)19-9-11-22(12-10-19)31-16-13-25-28-14-15-29-25/h2-12,14-15,17,27,30H,13,16H2,1H3,(H,28,29). The third-order valence-corrected chi connectivity index (χ3v) is 5.70. The number of fused-ring (bicyclic) bond motifs is 1. The van der Waals surface area contributed by atoms with Gasteiger partial charge in [0.05, 0.1) is 6.61 Å². The van der Waals surface area contributed by atoms with Crippen LogP contribution in [0, 0.1) is 0 Å². The number of allylic oxidation sites excluding steroid dienone is 1. The number of nitrogens with one attached hydrogen (secondary N) is 1. The molecule has 1 unspecified atom stereocenters. The molecule has 4 aromatic rings. The lowest BCUT2D eigenvalue weighted by molar-refractivity contribution is 0.259. The lowest BCUT2D eigenvalue weighted by atomic mass is 9.86. The van der Waals surface area contributed by atoms with Crippen LogP contribution in [0.1, 0.15) is 35.5 Å². The Morgan fingerprint density at radius 3 is 2.66 bits per heavy atom. The summed E-state index contributed by atoms with van der Waals surface area (Å²) in [7, 11) is 0. The first kappa shape index (κ1) is 19.9. The van der Waals surface area contributed by atoms with E-state index in [-0.39, 0.29) is 11.9 Å². The van der Waals surface area contributed by atoms with Crippen molar-refractivity contribution in [2.45, 2.75) is 19.4 Å². The maximum atomic E-state index is 10.1.